The van der Waals surface area contributed by atoms with Crippen molar-refractivity contribution in [3.8, 4) is 0 Å². The summed E-state index contributed by atoms with van der Waals surface area (Å²) in [7, 11) is 0. The molecule has 1 N–H and O–H groups in total. The van der Waals surface area contributed by atoms with E-state index in [0.717, 1.165) is 0 Å². The van der Waals surface area contributed by atoms with Crippen molar-refractivity contribution in [2.24, 2.45) is 0 Å². The number of nitrogens with zero attached hydrogens (tertiary/aromatic N) is 2. The molecule has 0 atom stereocenters. The summed E-state index contributed by atoms with van der Waals surface area (Å²) in [5, 5.41) is 4.20. The number of hydrogen-bond donors (Lipinski definition) is 1. The lowest BCUT2D eigenvalue weighted by molar-refractivity contribution is -0.113. The van der Waals surface area contributed by atoms with Gasteiger partial charge < -0.3 is 5.32 Å². The molecule has 1 amide bonds. The molecule has 0 aliphatic heterocycles. The van der Waals surface area contributed by atoms with E-state index in [9.17, 15) is 4.79 Å². The number of aromatic nitrogens is 2. The first-order valence-electron chi connectivity index (χ1n) is 5.30. The van der Waals surface area contributed by atoms with Gasteiger partial charge in [-0.1, -0.05) is 35.0 Å². The molecule has 98 valence electrons. The predicted octanol–water partition coefficient (Wildman–Crippen LogP) is 3.51. The summed E-state index contributed by atoms with van der Waals surface area (Å²) in [4.78, 5) is 19.8. The lowest BCUT2D eigenvalue weighted by Gasteiger charge is -2.07. The second-order valence-electron chi connectivity index (χ2n) is 3.49. The van der Waals surface area contributed by atoms with E-state index < -0.39 is 0 Å². The SMILES string of the molecule is O=C(CSc1ncccn1)Nc1cc(Cl)ccc1Cl. The zero-order valence-electron chi connectivity index (χ0n) is 9.64. The summed E-state index contributed by atoms with van der Waals surface area (Å²) in [5.74, 6) is 0.00830. The molecule has 0 saturated heterocycles. The number of hydrogen-bond acceptors (Lipinski definition) is 4. The average Bonchev–Trinajstić information content (AvgIpc) is 2.42. The number of carbonyl (C=O) groups is 1. The van der Waals surface area contributed by atoms with Crippen LogP contribution in [0.25, 0.3) is 0 Å². The summed E-state index contributed by atoms with van der Waals surface area (Å²) in [6, 6.07) is 6.61. The minimum Gasteiger partial charge on any atom is -0.324 e. The molecule has 1 heterocycles. The van der Waals surface area contributed by atoms with Gasteiger partial charge in [-0.05, 0) is 24.3 Å². The Labute approximate surface area is 124 Å². The molecular weight excluding hydrogens is 305 g/mol. The van der Waals surface area contributed by atoms with Crippen LogP contribution < -0.4 is 5.32 Å². The van der Waals surface area contributed by atoms with Gasteiger partial charge in [-0.2, -0.15) is 0 Å². The van der Waals surface area contributed by atoms with Crippen LogP contribution in [0.15, 0.2) is 41.8 Å². The second kappa shape index (κ2) is 6.75. The fourth-order valence-electron chi connectivity index (χ4n) is 1.27. The van der Waals surface area contributed by atoms with Gasteiger partial charge in [-0.25, -0.2) is 9.97 Å². The number of carbonyl (C=O) groups excluding carboxylic acids is 1. The topological polar surface area (TPSA) is 54.9 Å². The highest BCUT2D eigenvalue weighted by molar-refractivity contribution is 7.99. The van der Waals surface area contributed by atoms with Gasteiger partial charge in [0.1, 0.15) is 0 Å². The minimum atomic E-state index is -0.193. The Morgan fingerprint density at radius 2 is 2.00 bits per heavy atom. The number of rotatable bonds is 4. The van der Waals surface area contributed by atoms with Gasteiger partial charge in [0.25, 0.3) is 0 Å². The largest absolute Gasteiger partial charge is 0.324 e. The fraction of sp³-hybridized carbons (Fsp3) is 0.0833. The van der Waals surface area contributed by atoms with Crippen molar-refractivity contribution in [2.45, 2.75) is 5.16 Å². The fourth-order valence-corrected chi connectivity index (χ4v) is 2.21. The quantitative estimate of drug-likeness (QED) is 0.693. The molecule has 0 aliphatic carbocycles. The molecule has 4 nitrogen and oxygen atoms in total. The number of halogens is 2. The smallest absolute Gasteiger partial charge is 0.234 e. The first-order chi connectivity index (χ1) is 9.15. The Morgan fingerprint density at radius 1 is 1.26 bits per heavy atom. The van der Waals surface area contributed by atoms with Crippen LogP contribution in [0.1, 0.15) is 0 Å². The zero-order valence-corrected chi connectivity index (χ0v) is 12.0. The highest BCUT2D eigenvalue weighted by Gasteiger charge is 2.08. The van der Waals surface area contributed by atoms with E-state index >= 15 is 0 Å². The van der Waals surface area contributed by atoms with Crippen molar-refractivity contribution in [1.29, 1.82) is 0 Å². The highest BCUT2D eigenvalue weighted by atomic mass is 35.5. The summed E-state index contributed by atoms with van der Waals surface area (Å²) >= 11 is 13.0. The summed E-state index contributed by atoms with van der Waals surface area (Å²) in [6.07, 6.45) is 3.25. The van der Waals surface area contributed by atoms with Crippen LogP contribution in [0.3, 0.4) is 0 Å². The molecule has 2 aromatic rings. The second-order valence-corrected chi connectivity index (χ2v) is 5.28. The van der Waals surface area contributed by atoms with E-state index in [4.69, 9.17) is 23.2 Å². The number of amides is 1. The molecule has 7 heteroatoms. The van der Waals surface area contributed by atoms with Gasteiger partial charge in [-0.3, -0.25) is 4.79 Å². The maximum Gasteiger partial charge on any atom is 0.234 e. The van der Waals surface area contributed by atoms with Crippen molar-refractivity contribution in [3.63, 3.8) is 0 Å². The Bertz CT molecular complexity index is 580. The van der Waals surface area contributed by atoms with Crippen molar-refractivity contribution in [1.82, 2.24) is 9.97 Å². The lowest BCUT2D eigenvalue weighted by atomic mass is 10.3. The molecule has 0 saturated carbocycles. The average molecular weight is 314 g/mol. The molecule has 1 aromatic heterocycles. The van der Waals surface area contributed by atoms with E-state index in [0.29, 0.717) is 20.9 Å². The normalized spacial score (nSPS) is 10.2. The number of benzene rings is 1. The molecule has 0 fully saturated rings. The van der Waals surface area contributed by atoms with Crippen molar-refractivity contribution >= 4 is 46.6 Å². The summed E-state index contributed by atoms with van der Waals surface area (Å²) in [5.41, 5.74) is 0.494. The number of anilines is 1. The van der Waals surface area contributed by atoms with Gasteiger partial charge in [0.15, 0.2) is 5.16 Å². The summed E-state index contributed by atoms with van der Waals surface area (Å²) < 4.78 is 0. The Hall–Kier alpha value is -1.30. The van der Waals surface area contributed by atoms with Gasteiger partial charge >= 0.3 is 0 Å². The molecule has 1 aromatic carbocycles. The van der Waals surface area contributed by atoms with Crippen LogP contribution in [-0.4, -0.2) is 21.6 Å². The Kier molecular flexibility index (Phi) is 5.01. The molecule has 0 aliphatic rings. The van der Waals surface area contributed by atoms with Gasteiger partial charge in [0.05, 0.1) is 16.5 Å². The van der Waals surface area contributed by atoms with E-state index in [1.807, 2.05) is 0 Å². The molecular formula is C12H9Cl2N3OS. The maximum absolute atomic E-state index is 11.8. The van der Waals surface area contributed by atoms with E-state index in [-0.39, 0.29) is 11.7 Å². The van der Waals surface area contributed by atoms with E-state index in [2.05, 4.69) is 15.3 Å². The van der Waals surface area contributed by atoms with Crippen LogP contribution in [0.5, 0.6) is 0 Å². The van der Waals surface area contributed by atoms with Gasteiger partial charge in [0.2, 0.25) is 5.91 Å². The third kappa shape index (κ3) is 4.38. The van der Waals surface area contributed by atoms with Gasteiger partial charge in [-0.15, -0.1) is 0 Å². The van der Waals surface area contributed by atoms with Crippen LogP contribution in [0, 0.1) is 0 Å². The van der Waals surface area contributed by atoms with Crippen molar-refractivity contribution < 1.29 is 4.79 Å². The van der Waals surface area contributed by atoms with Crippen LogP contribution in [-0.2, 0) is 4.79 Å². The molecule has 19 heavy (non-hydrogen) atoms. The number of thioether (sulfide) groups is 1. The third-order valence-corrected chi connectivity index (χ3v) is 3.52. The predicted molar refractivity (Wildman–Crippen MR) is 77.8 cm³/mol. The Morgan fingerprint density at radius 3 is 2.74 bits per heavy atom. The first-order valence-corrected chi connectivity index (χ1v) is 7.04. The van der Waals surface area contributed by atoms with E-state index in [1.54, 1.807) is 36.7 Å². The molecule has 0 unspecified atom stereocenters. The number of nitrogens with one attached hydrogen (secondary N) is 1. The molecule has 2 rings (SSSR count). The van der Waals surface area contributed by atoms with Gasteiger partial charge in [0, 0.05) is 17.4 Å². The zero-order chi connectivity index (χ0) is 13.7. The van der Waals surface area contributed by atoms with Crippen LogP contribution in [0.2, 0.25) is 10.0 Å². The van der Waals surface area contributed by atoms with Crippen LogP contribution in [0.4, 0.5) is 5.69 Å². The minimum absolute atomic E-state index is 0.193. The Balaban J connectivity index is 1.93. The summed E-state index contributed by atoms with van der Waals surface area (Å²) in [6.45, 7) is 0. The standard InChI is InChI=1S/C12H9Cl2N3OS/c13-8-2-3-9(14)10(6-8)17-11(18)7-19-12-15-4-1-5-16-12/h1-6H,7H2,(H,17,18). The highest BCUT2D eigenvalue weighted by Crippen LogP contribution is 2.25. The van der Waals surface area contributed by atoms with E-state index in [1.165, 1.54) is 11.8 Å². The third-order valence-electron chi connectivity index (χ3n) is 2.08. The monoisotopic (exact) mass is 313 g/mol. The van der Waals surface area contributed by atoms with Crippen molar-refractivity contribution in [2.75, 3.05) is 11.1 Å². The maximum atomic E-state index is 11.8. The van der Waals surface area contributed by atoms with Crippen LogP contribution >= 0.6 is 35.0 Å². The molecule has 0 spiro atoms. The molecule has 0 bridgehead atoms. The van der Waals surface area contributed by atoms with Crippen molar-refractivity contribution in [3.05, 3.63) is 46.7 Å². The lowest BCUT2D eigenvalue weighted by Crippen LogP contribution is -2.14. The molecule has 0 radical (unpaired) electrons. The first kappa shape index (κ1) is 14.1.